The molecule has 12 heavy (non-hydrogen) atoms. The van der Waals surface area contributed by atoms with E-state index < -0.39 is 11.8 Å². The molecule has 0 fully saturated rings. The number of aryl methyl sites for hydroxylation is 1. The molecule has 4 nitrogen and oxygen atoms in total. The zero-order valence-corrected chi connectivity index (χ0v) is 6.87. The summed E-state index contributed by atoms with van der Waals surface area (Å²) in [7, 11) is 1.76. The van der Waals surface area contributed by atoms with E-state index in [0.29, 0.717) is 5.69 Å². The van der Waals surface area contributed by atoms with E-state index in [9.17, 15) is 9.59 Å². The third-order valence-electron chi connectivity index (χ3n) is 1.82. The maximum absolute atomic E-state index is 11.0. The summed E-state index contributed by atoms with van der Waals surface area (Å²) >= 11 is 0. The molecule has 0 aliphatic heterocycles. The number of carbonyl (C=O) groups excluding carboxylic acids is 1. The van der Waals surface area contributed by atoms with E-state index in [4.69, 9.17) is 5.11 Å². The second kappa shape index (κ2) is 2.81. The van der Waals surface area contributed by atoms with Crippen molar-refractivity contribution in [2.75, 3.05) is 0 Å². The topological polar surface area (TPSA) is 59.3 Å². The van der Waals surface area contributed by atoms with Crippen molar-refractivity contribution in [3.8, 4) is 0 Å². The minimum absolute atomic E-state index is 0.255. The van der Waals surface area contributed by atoms with Gasteiger partial charge >= 0.3 is 5.97 Å². The number of carboxylic acid groups (broad SMARTS) is 1. The first kappa shape index (κ1) is 8.52. The standard InChI is InChI=1S/C8H9NO3/c1-5-6(3-4-9(5)2)7(10)8(11)12/h3-4H,1-2H3,(H,11,12). The second-order valence-electron chi connectivity index (χ2n) is 2.56. The zero-order chi connectivity index (χ0) is 9.30. The van der Waals surface area contributed by atoms with E-state index in [1.807, 2.05) is 0 Å². The number of ketones is 1. The smallest absolute Gasteiger partial charge is 0.377 e. The van der Waals surface area contributed by atoms with Crippen LogP contribution in [0.15, 0.2) is 12.3 Å². The fourth-order valence-corrected chi connectivity index (χ4v) is 0.964. The SMILES string of the molecule is Cc1c(C(=O)C(=O)O)ccn1C. The van der Waals surface area contributed by atoms with Gasteiger partial charge in [0.15, 0.2) is 0 Å². The molecule has 1 heterocycles. The van der Waals surface area contributed by atoms with Crippen LogP contribution in [0.1, 0.15) is 16.1 Å². The Hall–Kier alpha value is -1.58. The highest BCUT2D eigenvalue weighted by atomic mass is 16.4. The summed E-state index contributed by atoms with van der Waals surface area (Å²) in [4.78, 5) is 21.3. The van der Waals surface area contributed by atoms with E-state index >= 15 is 0 Å². The molecule has 0 saturated carbocycles. The quantitative estimate of drug-likeness (QED) is 0.518. The molecule has 64 valence electrons. The minimum atomic E-state index is -1.41. The molecule has 1 rings (SSSR count). The molecule has 0 saturated heterocycles. The number of aromatic nitrogens is 1. The van der Waals surface area contributed by atoms with Crippen molar-refractivity contribution in [3.63, 3.8) is 0 Å². The van der Waals surface area contributed by atoms with Crippen LogP contribution >= 0.6 is 0 Å². The first-order valence-electron chi connectivity index (χ1n) is 3.43. The van der Waals surface area contributed by atoms with E-state index in [2.05, 4.69) is 0 Å². The van der Waals surface area contributed by atoms with Crippen LogP contribution in [0.4, 0.5) is 0 Å². The number of carbonyl (C=O) groups is 2. The third-order valence-corrected chi connectivity index (χ3v) is 1.82. The normalized spacial score (nSPS) is 9.83. The Morgan fingerprint density at radius 2 is 2.08 bits per heavy atom. The lowest BCUT2D eigenvalue weighted by molar-refractivity contribution is -0.131. The summed E-state index contributed by atoms with van der Waals surface area (Å²) in [5.41, 5.74) is 0.924. The monoisotopic (exact) mass is 167 g/mol. The fraction of sp³-hybridized carbons (Fsp3) is 0.250. The number of Topliss-reactive ketones (excluding diaryl/α,β-unsaturated/α-hetero) is 1. The van der Waals surface area contributed by atoms with Crippen molar-refractivity contribution in [1.29, 1.82) is 0 Å². The van der Waals surface area contributed by atoms with E-state index in [1.54, 1.807) is 24.7 Å². The van der Waals surface area contributed by atoms with Crippen LogP contribution in [0.5, 0.6) is 0 Å². The summed E-state index contributed by atoms with van der Waals surface area (Å²) in [6.45, 7) is 1.70. The Bertz CT molecular complexity index is 338. The summed E-state index contributed by atoms with van der Waals surface area (Å²) in [5.74, 6) is -2.27. The van der Waals surface area contributed by atoms with E-state index in [-0.39, 0.29) is 5.56 Å². The van der Waals surface area contributed by atoms with Gasteiger partial charge in [-0.1, -0.05) is 0 Å². The van der Waals surface area contributed by atoms with Gasteiger partial charge < -0.3 is 9.67 Å². The average molecular weight is 167 g/mol. The van der Waals surface area contributed by atoms with Crippen molar-refractivity contribution in [3.05, 3.63) is 23.5 Å². The highest BCUT2D eigenvalue weighted by molar-refractivity contribution is 6.40. The van der Waals surface area contributed by atoms with E-state index in [0.717, 1.165) is 0 Å². The molecule has 0 unspecified atom stereocenters. The summed E-state index contributed by atoms with van der Waals surface area (Å²) in [6.07, 6.45) is 1.66. The van der Waals surface area contributed by atoms with Crippen LogP contribution < -0.4 is 0 Å². The van der Waals surface area contributed by atoms with Crippen molar-refractivity contribution in [1.82, 2.24) is 4.57 Å². The molecule has 4 heteroatoms. The molecule has 0 aliphatic rings. The van der Waals surface area contributed by atoms with Gasteiger partial charge in [0.1, 0.15) is 0 Å². The number of rotatable bonds is 2. The molecule has 1 aromatic heterocycles. The lowest BCUT2D eigenvalue weighted by Crippen LogP contribution is -2.13. The van der Waals surface area contributed by atoms with Gasteiger partial charge in [0.05, 0.1) is 5.56 Å². The Morgan fingerprint density at radius 3 is 2.42 bits per heavy atom. The molecule has 0 aliphatic carbocycles. The second-order valence-corrected chi connectivity index (χ2v) is 2.56. The van der Waals surface area contributed by atoms with Crippen molar-refractivity contribution < 1.29 is 14.7 Å². The van der Waals surface area contributed by atoms with Crippen molar-refractivity contribution in [2.24, 2.45) is 7.05 Å². The number of hydrogen-bond acceptors (Lipinski definition) is 2. The molecular formula is C8H9NO3. The highest BCUT2D eigenvalue weighted by Crippen LogP contribution is 2.08. The van der Waals surface area contributed by atoms with Gasteiger partial charge in [0.25, 0.3) is 5.78 Å². The summed E-state index contributed by atoms with van der Waals surface area (Å²) in [5, 5.41) is 8.41. The molecule has 0 spiro atoms. The van der Waals surface area contributed by atoms with Gasteiger partial charge in [-0.2, -0.15) is 0 Å². The summed E-state index contributed by atoms with van der Waals surface area (Å²) in [6, 6.07) is 1.51. The Labute approximate surface area is 69.4 Å². The lowest BCUT2D eigenvalue weighted by Gasteiger charge is -1.96. The minimum Gasteiger partial charge on any atom is -0.475 e. The fourth-order valence-electron chi connectivity index (χ4n) is 0.964. The third kappa shape index (κ3) is 1.23. The lowest BCUT2D eigenvalue weighted by atomic mass is 10.2. The molecule has 0 atom stereocenters. The molecule has 1 aromatic rings. The highest BCUT2D eigenvalue weighted by Gasteiger charge is 2.17. The van der Waals surface area contributed by atoms with Gasteiger partial charge in [-0.05, 0) is 13.0 Å². The van der Waals surface area contributed by atoms with Gasteiger partial charge in [-0.25, -0.2) is 4.79 Å². The number of nitrogens with zero attached hydrogens (tertiary/aromatic N) is 1. The van der Waals surface area contributed by atoms with Crippen molar-refractivity contribution in [2.45, 2.75) is 6.92 Å². The molecular weight excluding hydrogens is 158 g/mol. The zero-order valence-electron chi connectivity index (χ0n) is 6.87. The van der Waals surface area contributed by atoms with Gasteiger partial charge in [0, 0.05) is 18.9 Å². The molecule has 0 aromatic carbocycles. The largest absolute Gasteiger partial charge is 0.475 e. The Balaban J connectivity index is 3.12. The maximum Gasteiger partial charge on any atom is 0.377 e. The summed E-state index contributed by atoms with van der Waals surface area (Å²) < 4.78 is 1.70. The van der Waals surface area contributed by atoms with Crippen molar-refractivity contribution >= 4 is 11.8 Å². The Kier molecular flexibility index (Phi) is 1.99. The number of hydrogen-bond donors (Lipinski definition) is 1. The Morgan fingerprint density at radius 1 is 1.50 bits per heavy atom. The predicted octanol–water partition coefficient (Wildman–Crippen LogP) is 0.601. The van der Waals surface area contributed by atoms with E-state index in [1.165, 1.54) is 6.07 Å². The van der Waals surface area contributed by atoms with Crippen LogP contribution in [0.2, 0.25) is 0 Å². The van der Waals surface area contributed by atoms with Gasteiger partial charge in [-0.15, -0.1) is 0 Å². The number of aliphatic carboxylic acids is 1. The van der Waals surface area contributed by atoms with Crippen LogP contribution in [-0.4, -0.2) is 21.4 Å². The molecule has 0 bridgehead atoms. The van der Waals surface area contributed by atoms with Crippen LogP contribution in [0.25, 0.3) is 0 Å². The van der Waals surface area contributed by atoms with Crippen LogP contribution in [0.3, 0.4) is 0 Å². The maximum atomic E-state index is 11.0. The molecule has 0 radical (unpaired) electrons. The van der Waals surface area contributed by atoms with Gasteiger partial charge in [0.2, 0.25) is 0 Å². The first-order chi connectivity index (χ1) is 5.54. The average Bonchev–Trinajstić information content (AvgIpc) is 2.32. The first-order valence-corrected chi connectivity index (χ1v) is 3.43. The molecule has 0 amide bonds. The molecule has 1 N–H and O–H groups in total. The van der Waals surface area contributed by atoms with Gasteiger partial charge in [-0.3, -0.25) is 4.79 Å². The number of carboxylic acids is 1. The predicted molar refractivity (Wildman–Crippen MR) is 42.1 cm³/mol. The van der Waals surface area contributed by atoms with Crippen LogP contribution in [0, 0.1) is 6.92 Å². The van der Waals surface area contributed by atoms with Crippen LogP contribution in [-0.2, 0) is 11.8 Å².